The molecule has 0 atom stereocenters. The fourth-order valence-corrected chi connectivity index (χ4v) is 4.74. The second-order valence-electron chi connectivity index (χ2n) is 5.41. The molecule has 0 bridgehead atoms. The van der Waals surface area contributed by atoms with Crippen LogP contribution in [0.4, 0.5) is 0 Å². The van der Waals surface area contributed by atoms with Gasteiger partial charge in [-0.2, -0.15) is 0 Å². The van der Waals surface area contributed by atoms with Crippen LogP contribution in [0.2, 0.25) is 5.15 Å². The average molecular weight is 430 g/mol. The molecule has 0 unspecified atom stereocenters. The summed E-state index contributed by atoms with van der Waals surface area (Å²) in [4.78, 5) is 20.4. The predicted molar refractivity (Wildman–Crippen MR) is 107 cm³/mol. The molecular weight excluding hydrogens is 418 g/mol. The number of benzene rings is 1. The van der Waals surface area contributed by atoms with Crippen LogP contribution in [0, 0.1) is 0 Å². The molecule has 0 radical (unpaired) electrons. The van der Waals surface area contributed by atoms with E-state index >= 15 is 0 Å². The van der Waals surface area contributed by atoms with Crippen molar-refractivity contribution in [3.8, 4) is 17.1 Å². The van der Waals surface area contributed by atoms with E-state index in [-0.39, 0.29) is 10.0 Å². The van der Waals surface area contributed by atoms with E-state index in [9.17, 15) is 4.79 Å². The second-order valence-corrected chi connectivity index (χ2v) is 7.98. The van der Waals surface area contributed by atoms with Gasteiger partial charge in [-0.15, -0.1) is 10.2 Å². The number of carbonyl (C=O) groups is 1. The van der Waals surface area contributed by atoms with Crippen LogP contribution in [-0.2, 0) is 4.74 Å². The number of para-hydroxylation sites is 1. The Balaban J connectivity index is 1.78. The summed E-state index contributed by atoms with van der Waals surface area (Å²) in [5, 5.41) is 9.39. The molecule has 0 aliphatic rings. The van der Waals surface area contributed by atoms with E-state index in [0.29, 0.717) is 15.3 Å². The summed E-state index contributed by atoms with van der Waals surface area (Å²) < 4.78 is 7.22. The molecule has 0 fully saturated rings. The van der Waals surface area contributed by atoms with Crippen molar-refractivity contribution in [2.24, 2.45) is 0 Å². The summed E-state index contributed by atoms with van der Waals surface area (Å²) in [6, 6.07) is 13.5. The number of esters is 1. The lowest BCUT2D eigenvalue weighted by Crippen LogP contribution is -1.99. The number of carbonyl (C=O) groups excluding carboxylic acids is 1. The van der Waals surface area contributed by atoms with Gasteiger partial charge in [-0.25, -0.2) is 9.78 Å². The monoisotopic (exact) mass is 429 g/mol. The van der Waals surface area contributed by atoms with Gasteiger partial charge in [0.2, 0.25) is 5.16 Å². The number of halogens is 1. The summed E-state index contributed by atoms with van der Waals surface area (Å²) in [6.07, 6.45) is 3.41. The quantitative estimate of drug-likeness (QED) is 0.435. The van der Waals surface area contributed by atoms with Gasteiger partial charge in [-0.3, -0.25) is 9.55 Å². The molecule has 1 aromatic carbocycles. The van der Waals surface area contributed by atoms with Gasteiger partial charge in [-0.05, 0) is 36.0 Å². The molecule has 140 valence electrons. The van der Waals surface area contributed by atoms with Crippen LogP contribution in [0.1, 0.15) is 9.67 Å². The molecule has 0 aliphatic heterocycles. The lowest BCUT2D eigenvalue weighted by Gasteiger charge is -2.09. The van der Waals surface area contributed by atoms with Crippen molar-refractivity contribution in [1.29, 1.82) is 0 Å². The Bertz CT molecular complexity index is 1120. The standard InChI is InChI=1S/C18H12ClN5O2S2/c1-26-16(25)13-14(19)21-18(27-13)28-17-23-22-15(11-7-9-20-10-8-11)24(17)12-5-3-2-4-6-12/h2-10H,1H3. The Morgan fingerprint density at radius 3 is 2.61 bits per heavy atom. The largest absolute Gasteiger partial charge is 0.465 e. The van der Waals surface area contributed by atoms with Gasteiger partial charge in [0, 0.05) is 23.6 Å². The van der Waals surface area contributed by atoms with Gasteiger partial charge in [0.25, 0.3) is 0 Å². The van der Waals surface area contributed by atoms with Gasteiger partial charge < -0.3 is 4.74 Å². The average Bonchev–Trinajstić information content (AvgIpc) is 3.32. The summed E-state index contributed by atoms with van der Waals surface area (Å²) in [6.45, 7) is 0. The topological polar surface area (TPSA) is 82.8 Å². The predicted octanol–water partition coefficient (Wildman–Crippen LogP) is 4.38. The summed E-state index contributed by atoms with van der Waals surface area (Å²) in [5.74, 6) is 0.156. The smallest absolute Gasteiger partial charge is 0.351 e. The first kappa shape index (κ1) is 18.6. The maximum absolute atomic E-state index is 11.8. The van der Waals surface area contributed by atoms with E-state index in [4.69, 9.17) is 16.3 Å². The van der Waals surface area contributed by atoms with Crippen LogP contribution in [0.5, 0.6) is 0 Å². The van der Waals surface area contributed by atoms with E-state index in [0.717, 1.165) is 22.6 Å². The number of ether oxygens (including phenoxy) is 1. The number of hydrogen-bond acceptors (Lipinski definition) is 8. The lowest BCUT2D eigenvalue weighted by atomic mass is 10.2. The van der Waals surface area contributed by atoms with Crippen molar-refractivity contribution in [3.05, 3.63) is 64.9 Å². The number of nitrogens with zero attached hydrogens (tertiary/aromatic N) is 5. The van der Waals surface area contributed by atoms with Crippen LogP contribution in [0.3, 0.4) is 0 Å². The minimum Gasteiger partial charge on any atom is -0.465 e. The van der Waals surface area contributed by atoms with Gasteiger partial charge >= 0.3 is 5.97 Å². The summed E-state index contributed by atoms with van der Waals surface area (Å²) in [5.41, 5.74) is 1.78. The third-order valence-corrected chi connectivity index (χ3v) is 6.13. The van der Waals surface area contributed by atoms with Crippen LogP contribution in [0.15, 0.2) is 64.4 Å². The first-order valence-electron chi connectivity index (χ1n) is 8.01. The van der Waals surface area contributed by atoms with Crippen molar-refractivity contribution in [3.63, 3.8) is 0 Å². The van der Waals surface area contributed by atoms with Gasteiger partial charge in [0.15, 0.2) is 20.2 Å². The van der Waals surface area contributed by atoms with E-state index < -0.39 is 5.97 Å². The van der Waals surface area contributed by atoms with Gasteiger partial charge in [0.05, 0.1) is 7.11 Å². The van der Waals surface area contributed by atoms with Crippen molar-refractivity contribution in [1.82, 2.24) is 24.7 Å². The molecule has 7 nitrogen and oxygen atoms in total. The Hall–Kier alpha value is -2.75. The van der Waals surface area contributed by atoms with Crippen LogP contribution < -0.4 is 0 Å². The molecule has 10 heteroatoms. The number of hydrogen-bond donors (Lipinski definition) is 0. The maximum atomic E-state index is 11.8. The zero-order valence-electron chi connectivity index (χ0n) is 14.4. The van der Waals surface area contributed by atoms with Crippen LogP contribution >= 0.6 is 34.7 Å². The first-order chi connectivity index (χ1) is 13.7. The highest BCUT2D eigenvalue weighted by Crippen LogP contribution is 2.36. The van der Waals surface area contributed by atoms with Crippen molar-refractivity contribution < 1.29 is 9.53 Å². The fourth-order valence-electron chi connectivity index (χ4n) is 2.46. The zero-order chi connectivity index (χ0) is 19.5. The molecule has 0 spiro atoms. The highest BCUT2D eigenvalue weighted by molar-refractivity contribution is 8.00. The van der Waals surface area contributed by atoms with E-state index in [1.165, 1.54) is 18.9 Å². The molecule has 3 aromatic heterocycles. The van der Waals surface area contributed by atoms with Gasteiger partial charge in [0.1, 0.15) is 0 Å². The normalized spacial score (nSPS) is 10.8. The first-order valence-corrected chi connectivity index (χ1v) is 10.0. The van der Waals surface area contributed by atoms with E-state index in [1.807, 2.05) is 47.0 Å². The van der Waals surface area contributed by atoms with Crippen molar-refractivity contribution >= 4 is 40.7 Å². The lowest BCUT2D eigenvalue weighted by molar-refractivity contribution is 0.0606. The minimum atomic E-state index is -0.517. The maximum Gasteiger partial charge on any atom is 0.351 e. The number of thiazole rings is 1. The number of pyridine rings is 1. The third kappa shape index (κ3) is 3.64. The number of aromatic nitrogens is 5. The zero-order valence-corrected chi connectivity index (χ0v) is 16.8. The van der Waals surface area contributed by atoms with E-state index in [1.54, 1.807) is 12.4 Å². The Morgan fingerprint density at radius 1 is 1.14 bits per heavy atom. The van der Waals surface area contributed by atoms with E-state index in [2.05, 4.69) is 20.2 Å². The van der Waals surface area contributed by atoms with Crippen molar-refractivity contribution in [2.75, 3.05) is 7.11 Å². The molecule has 0 amide bonds. The molecule has 0 aliphatic carbocycles. The molecule has 0 saturated carbocycles. The second kappa shape index (κ2) is 8.09. The number of methoxy groups -OCH3 is 1. The molecule has 4 rings (SSSR count). The van der Waals surface area contributed by atoms with Crippen LogP contribution in [-0.4, -0.2) is 37.8 Å². The third-order valence-electron chi connectivity index (χ3n) is 3.70. The molecular formula is C18H12ClN5O2S2. The Morgan fingerprint density at radius 2 is 1.89 bits per heavy atom. The fraction of sp³-hybridized carbons (Fsp3) is 0.0556. The highest BCUT2D eigenvalue weighted by atomic mass is 35.5. The summed E-state index contributed by atoms with van der Waals surface area (Å²) >= 11 is 8.50. The van der Waals surface area contributed by atoms with Gasteiger partial charge in [-0.1, -0.05) is 41.1 Å². The summed E-state index contributed by atoms with van der Waals surface area (Å²) in [7, 11) is 1.30. The minimum absolute atomic E-state index is 0.111. The molecule has 0 saturated heterocycles. The molecule has 0 N–H and O–H groups in total. The van der Waals surface area contributed by atoms with Crippen LogP contribution in [0.25, 0.3) is 17.1 Å². The molecule has 3 heterocycles. The highest BCUT2D eigenvalue weighted by Gasteiger charge is 2.21. The Labute approximate surface area is 173 Å². The SMILES string of the molecule is COC(=O)c1sc(Sc2nnc(-c3ccncc3)n2-c2ccccc2)nc1Cl. The Kier molecular flexibility index (Phi) is 5.38. The number of rotatable bonds is 5. The van der Waals surface area contributed by atoms with Crippen molar-refractivity contribution in [2.45, 2.75) is 9.50 Å². The molecule has 4 aromatic rings. The molecule has 28 heavy (non-hydrogen) atoms.